The Kier molecular flexibility index (Phi) is 6.47. The van der Waals surface area contributed by atoms with E-state index in [1.54, 1.807) is 12.4 Å². The molecule has 3 N–H and O–H groups in total. The van der Waals surface area contributed by atoms with Crippen LogP contribution in [0.1, 0.15) is 45.2 Å². The van der Waals surface area contributed by atoms with Gasteiger partial charge in [0.1, 0.15) is 6.33 Å². The quantitative estimate of drug-likeness (QED) is 0.722. The molecule has 1 aromatic carbocycles. The summed E-state index contributed by atoms with van der Waals surface area (Å²) in [6.07, 6.45) is 6.64. The van der Waals surface area contributed by atoms with Crippen molar-refractivity contribution >= 4 is 6.03 Å². The van der Waals surface area contributed by atoms with Crippen LogP contribution in [0.5, 0.6) is 0 Å². The number of urea groups is 1. The zero-order valence-corrected chi connectivity index (χ0v) is 15.0. The molecule has 2 aromatic rings. The van der Waals surface area contributed by atoms with Gasteiger partial charge in [0.05, 0.1) is 18.2 Å². The number of rotatable bonds is 7. The number of aliphatic hydroxyl groups excluding tert-OH is 1. The van der Waals surface area contributed by atoms with Crippen LogP contribution in [0.4, 0.5) is 4.79 Å². The topological polar surface area (TPSA) is 87.1 Å². The molecule has 0 aliphatic heterocycles. The van der Waals surface area contributed by atoms with Crippen LogP contribution >= 0.6 is 0 Å². The Labute approximate surface area is 148 Å². The van der Waals surface area contributed by atoms with Crippen LogP contribution in [-0.4, -0.2) is 33.3 Å². The molecule has 0 bridgehead atoms. The van der Waals surface area contributed by atoms with Crippen molar-refractivity contribution in [2.45, 2.75) is 45.2 Å². The van der Waals surface area contributed by atoms with Gasteiger partial charge in [-0.2, -0.15) is 0 Å². The molecule has 2 atom stereocenters. The lowest BCUT2D eigenvalue weighted by Crippen LogP contribution is -2.52. The second-order valence-corrected chi connectivity index (χ2v) is 6.54. The first-order chi connectivity index (χ1) is 12.0. The normalized spacial score (nSPS) is 14.4. The van der Waals surface area contributed by atoms with E-state index >= 15 is 0 Å². The number of nitrogens with zero attached hydrogens (tertiary/aromatic N) is 2. The third-order valence-corrected chi connectivity index (χ3v) is 4.22. The lowest BCUT2D eigenvalue weighted by atomic mass is 9.97. The second kappa shape index (κ2) is 8.58. The number of benzene rings is 1. The highest BCUT2D eigenvalue weighted by molar-refractivity contribution is 5.75. The standard InChI is InChI=1S/C19H26N4O2/c1-4-9-19(3,12-24)23-18(25)22-14(2)15-5-7-16(8-6-15)17-10-20-13-21-11-17/h5-8,10-11,13-14,24H,4,9,12H2,1-3H3,(H2,22,23,25)/t14-,19-/m1/s1. The van der Waals surface area contributed by atoms with E-state index < -0.39 is 5.54 Å². The summed E-state index contributed by atoms with van der Waals surface area (Å²) in [5, 5.41) is 15.3. The number of amides is 2. The van der Waals surface area contributed by atoms with Gasteiger partial charge in [0, 0.05) is 18.0 Å². The molecule has 134 valence electrons. The van der Waals surface area contributed by atoms with E-state index in [4.69, 9.17) is 0 Å². The van der Waals surface area contributed by atoms with E-state index in [9.17, 15) is 9.90 Å². The van der Waals surface area contributed by atoms with Gasteiger partial charge in [-0.25, -0.2) is 14.8 Å². The first-order valence-electron chi connectivity index (χ1n) is 8.52. The minimum absolute atomic E-state index is 0.0868. The first kappa shape index (κ1) is 18.9. The fourth-order valence-corrected chi connectivity index (χ4v) is 2.74. The Morgan fingerprint density at radius 2 is 1.84 bits per heavy atom. The van der Waals surface area contributed by atoms with Crippen LogP contribution in [0.2, 0.25) is 0 Å². The van der Waals surface area contributed by atoms with Crippen molar-refractivity contribution in [3.05, 3.63) is 48.5 Å². The van der Waals surface area contributed by atoms with Gasteiger partial charge in [0.15, 0.2) is 0 Å². The van der Waals surface area contributed by atoms with Gasteiger partial charge in [0.25, 0.3) is 0 Å². The molecule has 2 rings (SSSR count). The Balaban J connectivity index is 1.98. The van der Waals surface area contributed by atoms with Crippen LogP contribution in [0.25, 0.3) is 11.1 Å². The molecule has 0 aliphatic carbocycles. The minimum Gasteiger partial charge on any atom is -0.394 e. The first-order valence-corrected chi connectivity index (χ1v) is 8.52. The third kappa shape index (κ3) is 5.26. The number of aromatic nitrogens is 2. The van der Waals surface area contributed by atoms with E-state index in [1.807, 2.05) is 45.0 Å². The number of carbonyl (C=O) groups excluding carboxylic acids is 1. The van der Waals surface area contributed by atoms with Crippen molar-refractivity contribution in [1.29, 1.82) is 0 Å². The van der Waals surface area contributed by atoms with Gasteiger partial charge in [-0.1, -0.05) is 37.6 Å². The van der Waals surface area contributed by atoms with Gasteiger partial charge >= 0.3 is 6.03 Å². The summed E-state index contributed by atoms with van der Waals surface area (Å²) in [4.78, 5) is 20.3. The molecule has 2 amide bonds. The van der Waals surface area contributed by atoms with Crippen molar-refractivity contribution < 1.29 is 9.90 Å². The SMILES string of the molecule is CCC[C@](C)(CO)NC(=O)N[C@H](C)c1ccc(-c2cncnc2)cc1. The maximum absolute atomic E-state index is 12.2. The average molecular weight is 342 g/mol. The van der Waals surface area contributed by atoms with Crippen molar-refractivity contribution in [2.24, 2.45) is 0 Å². The van der Waals surface area contributed by atoms with Gasteiger partial charge in [0.2, 0.25) is 0 Å². The zero-order chi connectivity index (χ0) is 18.3. The average Bonchev–Trinajstić information content (AvgIpc) is 2.62. The molecule has 6 heteroatoms. The van der Waals surface area contributed by atoms with E-state index in [-0.39, 0.29) is 18.7 Å². The van der Waals surface area contributed by atoms with Crippen LogP contribution in [-0.2, 0) is 0 Å². The van der Waals surface area contributed by atoms with Crippen LogP contribution in [0, 0.1) is 0 Å². The second-order valence-electron chi connectivity index (χ2n) is 6.54. The van der Waals surface area contributed by atoms with Gasteiger partial charge in [-0.05, 0) is 31.4 Å². The molecule has 0 spiro atoms. The van der Waals surface area contributed by atoms with E-state index in [0.717, 1.165) is 29.5 Å². The Hall–Kier alpha value is -2.47. The van der Waals surface area contributed by atoms with E-state index in [1.165, 1.54) is 6.33 Å². The van der Waals surface area contributed by atoms with Crippen LogP contribution in [0.15, 0.2) is 43.0 Å². The summed E-state index contributed by atoms with van der Waals surface area (Å²) in [7, 11) is 0. The van der Waals surface area contributed by atoms with Crippen molar-refractivity contribution in [1.82, 2.24) is 20.6 Å². The monoisotopic (exact) mass is 342 g/mol. The molecule has 0 aliphatic rings. The highest BCUT2D eigenvalue weighted by atomic mass is 16.3. The minimum atomic E-state index is -0.601. The molecule has 0 saturated heterocycles. The molecule has 0 saturated carbocycles. The van der Waals surface area contributed by atoms with Gasteiger partial charge in [-0.3, -0.25) is 0 Å². The predicted molar refractivity (Wildman–Crippen MR) is 97.9 cm³/mol. The Bertz CT molecular complexity index is 676. The highest BCUT2D eigenvalue weighted by Crippen LogP contribution is 2.20. The van der Waals surface area contributed by atoms with Gasteiger partial charge in [-0.15, -0.1) is 0 Å². The number of hydrogen-bond donors (Lipinski definition) is 3. The lowest BCUT2D eigenvalue weighted by molar-refractivity contribution is 0.162. The third-order valence-electron chi connectivity index (χ3n) is 4.22. The number of nitrogens with one attached hydrogen (secondary N) is 2. The number of hydrogen-bond acceptors (Lipinski definition) is 4. The van der Waals surface area contributed by atoms with Crippen molar-refractivity contribution in [3.63, 3.8) is 0 Å². The summed E-state index contributed by atoms with van der Waals surface area (Å²) in [5.74, 6) is 0. The molecule has 0 radical (unpaired) electrons. The summed E-state index contributed by atoms with van der Waals surface area (Å²) >= 11 is 0. The fraction of sp³-hybridized carbons (Fsp3) is 0.421. The molecule has 0 unspecified atom stereocenters. The van der Waals surface area contributed by atoms with Crippen LogP contribution < -0.4 is 10.6 Å². The summed E-state index contributed by atoms with van der Waals surface area (Å²) < 4.78 is 0. The predicted octanol–water partition coefficient (Wildman–Crippen LogP) is 3.05. The molecule has 1 heterocycles. The summed E-state index contributed by atoms with van der Waals surface area (Å²) in [5.41, 5.74) is 2.37. The Morgan fingerprint density at radius 3 is 2.40 bits per heavy atom. The zero-order valence-electron chi connectivity index (χ0n) is 15.0. The van der Waals surface area contributed by atoms with Crippen LogP contribution in [0.3, 0.4) is 0 Å². The smallest absolute Gasteiger partial charge is 0.315 e. The van der Waals surface area contributed by atoms with Crippen molar-refractivity contribution in [2.75, 3.05) is 6.61 Å². The molecule has 25 heavy (non-hydrogen) atoms. The molecular weight excluding hydrogens is 316 g/mol. The molecular formula is C19H26N4O2. The highest BCUT2D eigenvalue weighted by Gasteiger charge is 2.25. The maximum atomic E-state index is 12.2. The largest absolute Gasteiger partial charge is 0.394 e. The number of aliphatic hydroxyl groups is 1. The summed E-state index contributed by atoms with van der Waals surface area (Å²) in [6.45, 7) is 5.71. The maximum Gasteiger partial charge on any atom is 0.315 e. The Morgan fingerprint density at radius 1 is 1.20 bits per heavy atom. The molecule has 0 fully saturated rings. The van der Waals surface area contributed by atoms with Gasteiger partial charge < -0.3 is 15.7 Å². The molecule has 6 nitrogen and oxygen atoms in total. The van der Waals surface area contributed by atoms with E-state index in [2.05, 4.69) is 20.6 Å². The van der Waals surface area contributed by atoms with Crippen molar-refractivity contribution in [3.8, 4) is 11.1 Å². The van der Waals surface area contributed by atoms with E-state index in [0.29, 0.717) is 0 Å². The number of carbonyl (C=O) groups is 1. The lowest BCUT2D eigenvalue weighted by Gasteiger charge is -2.29. The summed E-state index contributed by atoms with van der Waals surface area (Å²) in [6, 6.07) is 7.50. The fourth-order valence-electron chi connectivity index (χ4n) is 2.74. The molecule has 1 aromatic heterocycles.